The van der Waals surface area contributed by atoms with Gasteiger partial charge in [-0.1, -0.05) is 105 Å². The summed E-state index contributed by atoms with van der Waals surface area (Å²) in [7, 11) is 0. The summed E-state index contributed by atoms with van der Waals surface area (Å²) in [5, 5.41) is 15.8. The van der Waals surface area contributed by atoms with E-state index < -0.39 is 0 Å². The molecule has 5 nitrogen and oxygen atoms in total. The van der Waals surface area contributed by atoms with Gasteiger partial charge in [-0.25, -0.2) is 4.98 Å². The fourth-order valence-electron chi connectivity index (χ4n) is 6.91. The molecule has 0 aliphatic carbocycles. The minimum Gasteiger partial charge on any atom is -0.512 e. The van der Waals surface area contributed by atoms with E-state index in [2.05, 4.69) is 95.1 Å². The SMILES string of the molecule is CCC(C)(CC)C(=O)/C=C(\O)C(C)(CC)CC.Cc1c(CC(C)C)sc2ccc3oc4ncnc(-c5[c-]c6ccccc6c(C(C)(C)C)c5)c4c3c12.[Ir]. The predicted molar refractivity (Wildman–Crippen MR) is 222 cm³/mol. The van der Waals surface area contributed by atoms with Crippen LogP contribution < -0.4 is 0 Å². The molecule has 0 saturated heterocycles. The van der Waals surface area contributed by atoms with Crippen molar-refractivity contribution in [3.63, 3.8) is 0 Å². The summed E-state index contributed by atoms with van der Waals surface area (Å²) in [4.78, 5) is 23.0. The van der Waals surface area contributed by atoms with Crippen LogP contribution >= 0.6 is 11.3 Å². The molecule has 1 N–H and O–H groups in total. The van der Waals surface area contributed by atoms with Crippen molar-refractivity contribution in [3.8, 4) is 11.3 Å². The van der Waals surface area contributed by atoms with Crippen molar-refractivity contribution in [1.82, 2.24) is 9.97 Å². The van der Waals surface area contributed by atoms with Crippen LogP contribution in [0.15, 0.2) is 65.0 Å². The van der Waals surface area contributed by atoms with E-state index in [0.717, 1.165) is 65.1 Å². The molecule has 3 aromatic heterocycles. The third-order valence-electron chi connectivity index (χ3n) is 11.5. The van der Waals surface area contributed by atoms with E-state index in [9.17, 15) is 9.90 Å². The molecule has 0 amide bonds. The molecule has 0 spiro atoms. The number of carbonyl (C=O) groups excluding carboxylic acids is 1. The number of carbonyl (C=O) groups is 1. The summed E-state index contributed by atoms with van der Waals surface area (Å²) in [5.41, 5.74) is 5.38. The van der Waals surface area contributed by atoms with Gasteiger partial charge in [0.05, 0.1) is 0 Å². The number of hydrogen-bond acceptors (Lipinski definition) is 6. The van der Waals surface area contributed by atoms with Gasteiger partial charge in [0.2, 0.25) is 5.71 Å². The van der Waals surface area contributed by atoms with Gasteiger partial charge in [0.1, 0.15) is 17.7 Å². The molecule has 7 heteroatoms. The molecular formula is C46H57IrN2O3S-. The van der Waals surface area contributed by atoms with E-state index >= 15 is 0 Å². The second-order valence-electron chi connectivity index (χ2n) is 16.4. The predicted octanol–water partition coefficient (Wildman–Crippen LogP) is 13.7. The molecule has 0 atom stereocenters. The van der Waals surface area contributed by atoms with Crippen LogP contribution in [0, 0.1) is 29.7 Å². The number of aromatic nitrogens is 2. The number of ketones is 1. The summed E-state index contributed by atoms with van der Waals surface area (Å²) < 4.78 is 7.59. The number of aryl methyl sites for hydroxylation is 1. The monoisotopic (exact) mass is 910 g/mol. The standard InChI is InChI=1S/C31H29N2OS.C15H28O2.Ir/c1-17(2)13-25-18(3)26-24(35-25)12-11-23-27(26)28-29(32-16-33-30(28)34-23)20-14-19-9-7-8-10-21(19)22(15-20)31(4,5)6;1-7-14(5,8-2)12(16)11-13(17)15(6,9-3)10-4;/h7-12,15-17H,13H2,1-6H3;11,16H,7-10H2,1-6H3;/q-1;;/b;12-11-;. The van der Waals surface area contributed by atoms with E-state index in [1.165, 1.54) is 37.6 Å². The maximum Gasteiger partial charge on any atom is 0.223 e. The minimum atomic E-state index is -0.337. The fraction of sp³-hybridized carbons (Fsp3) is 0.457. The molecule has 0 fully saturated rings. The van der Waals surface area contributed by atoms with Gasteiger partial charge in [-0.3, -0.25) is 9.78 Å². The van der Waals surface area contributed by atoms with Gasteiger partial charge in [0.25, 0.3) is 0 Å². The van der Waals surface area contributed by atoms with Gasteiger partial charge >= 0.3 is 0 Å². The number of furan rings is 1. The Morgan fingerprint density at radius 2 is 1.55 bits per heavy atom. The van der Waals surface area contributed by atoms with Crippen molar-refractivity contribution in [2.24, 2.45) is 16.7 Å². The Labute approximate surface area is 334 Å². The average Bonchev–Trinajstić information content (AvgIpc) is 3.66. The smallest absolute Gasteiger partial charge is 0.223 e. The molecule has 285 valence electrons. The second-order valence-corrected chi connectivity index (χ2v) is 17.5. The topological polar surface area (TPSA) is 76.2 Å². The Hall–Kier alpha value is -3.38. The van der Waals surface area contributed by atoms with Crippen LogP contribution in [0.3, 0.4) is 0 Å². The molecule has 0 aliphatic heterocycles. The maximum atomic E-state index is 12.2. The van der Waals surface area contributed by atoms with Crippen LogP contribution in [-0.4, -0.2) is 20.9 Å². The molecule has 0 bridgehead atoms. The third-order valence-corrected chi connectivity index (χ3v) is 12.7. The number of hydrogen-bond donors (Lipinski definition) is 1. The van der Waals surface area contributed by atoms with Crippen molar-refractivity contribution >= 4 is 60.0 Å². The van der Waals surface area contributed by atoms with Gasteiger partial charge in [-0.2, -0.15) is 0 Å². The summed E-state index contributed by atoms with van der Waals surface area (Å²) in [6.45, 7) is 25.7. The van der Waals surface area contributed by atoms with Crippen LogP contribution in [-0.2, 0) is 36.7 Å². The first-order valence-electron chi connectivity index (χ1n) is 19.0. The van der Waals surface area contributed by atoms with Gasteiger partial charge < -0.3 is 9.52 Å². The summed E-state index contributed by atoms with van der Waals surface area (Å²) in [6, 6.07) is 18.7. The van der Waals surface area contributed by atoms with Crippen LogP contribution in [0.2, 0.25) is 0 Å². The molecule has 6 aromatic rings. The first kappa shape index (κ1) is 42.4. The molecule has 0 unspecified atom stereocenters. The summed E-state index contributed by atoms with van der Waals surface area (Å²) in [5.74, 6) is 0.897. The average molecular weight is 910 g/mol. The van der Waals surface area contributed by atoms with Crippen LogP contribution in [0.25, 0.3) is 54.2 Å². The van der Waals surface area contributed by atoms with E-state index in [1.807, 2.05) is 52.9 Å². The van der Waals surface area contributed by atoms with Gasteiger partial charge in [-0.15, -0.1) is 40.5 Å². The largest absolute Gasteiger partial charge is 0.512 e. The maximum absolute atomic E-state index is 12.2. The third kappa shape index (κ3) is 8.33. The van der Waals surface area contributed by atoms with Crippen molar-refractivity contribution in [1.29, 1.82) is 0 Å². The normalized spacial score (nSPS) is 12.8. The van der Waals surface area contributed by atoms with E-state index in [-0.39, 0.29) is 47.9 Å². The van der Waals surface area contributed by atoms with Crippen LogP contribution in [0.1, 0.15) is 118 Å². The molecule has 1 radical (unpaired) electrons. The Bertz CT molecular complexity index is 2260. The minimum absolute atomic E-state index is 0. The van der Waals surface area contributed by atoms with Crippen LogP contribution in [0.5, 0.6) is 0 Å². The number of aliphatic hydroxyl groups is 1. The first-order valence-corrected chi connectivity index (χ1v) is 19.8. The van der Waals surface area contributed by atoms with Gasteiger partial charge in [0.15, 0.2) is 5.78 Å². The number of aliphatic hydroxyl groups excluding tert-OH is 1. The molecule has 3 heterocycles. The van der Waals surface area contributed by atoms with Crippen molar-refractivity contribution in [3.05, 3.63) is 82.7 Å². The number of fused-ring (bicyclic) bond motifs is 6. The van der Waals surface area contributed by atoms with E-state index in [1.54, 1.807) is 6.33 Å². The summed E-state index contributed by atoms with van der Waals surface area (Å²) >= 11 is 1.90. The number of nitrogens with zero attached hydrogens (tertiary/aromatic N) is 2. The number of allylic oxidation sites excluding steroid dienone is 2. The van der Waals surface area contributed by atoms with Crippen LogP contribution in [0.4, 0.5) is 0 Å². The van der Waals surface area contributed by atoms with Crippen molar-refractivity contribution < 1.29 is 34.4 Å². The second kappa shape index (κ2) is 16.5. The Balaban J connectivity index is 0.000000299. The molecular weight excluding hydrogens is 853 g/mol. The number of rotatable bonds is 10. The van der Waals surface area contributed by atoms with E-state index in [4.69, 9.17) is 9.40 Å². The summed E-state index contributed by atoms with van der Waals surface area (Å²) in [6.07, 6.45) is 7.45. The van der Waals surface area contributed by atoms with Gasteiger partial charge in [0, 0.05) is 68.4 Å². The Morgan fingerprint density at radius 1 is 0.906 bits per heavy atom. The first-order chi connectivity index (χ1) is 24.5. The zero-order valence-electron chi connectivity index (χ0n) is 33.7. The molecule has 53 heavy (non-hydrogen) atoms. The molecule has 6 rings (SSSR count). The van der Waals surface area contributed by atoms with Crippen molar-refractivity contribution in [2.75, 3.05) is 0 Å². The number of thiophene rings is 1. The molecule has 3 aromatic carbocycles. The Kier molecular flexibility index (Phi) is 13.2. The zero-order chi connectivity index (χ0) is 38.2. The molecule has 0 saturated carbocycles. The van der Waals surface area contributed by atoms with E-state index in [0.29, 0.717) is 11.6 Å². The van der Waals surface area contributed by atoms with Crippen molar-refractivity contribution in [2.45, 2.75) is 121 Å². The molecule has 0 aliphatic rings. The number of benzene rings is 3. The Morgan fingerprint density at radius 3 is 2.15 bits per heavy atom. The fourth-order valence-corrected chi connectivity index (χ4v) is 8.34. The zero-order valence-corrected chi connectivity index (χ0v) is 36.9. The van der Waals surface area contributed by atoms with Gasteiger partial charge in [-0.05, 0) is 68.1 Å². The quantitative estimate of drug-likeness (QED) is 0.0842.